The first-order valence-corrected chi connectivity index (χ1v) is 4.62. The number of nitrogens with one attached hydrogen (secondary N) is 1. The summed E-state index contributed by atoms with van der Waals surface area (Å²) in [5.41, 5.74) is 2.06. The molecule has 1 aromatic carbocycles. The van der Waals surface area contributed by atoms with Gasteiger partial charge < -0.3 is 14.8 Å². The predicted octanol–water partition coefficient (Wildman–Crippen LogP) is 1.86. The number of ether oxygens (including phenoxy) is 2. The van der Waals surface area contributed by atoms with E-state index in [4.69, 9.17) is 4.74 Å². The van der Waals surface area contributed by atoms with Gasteiger partial charge in [-0.15, -0.1) is 0 Å². The Labute approximate surface area is 89.2 Å². The molecule has 0 fully saturated rings. The van der Waals surface area contributed by atoms with E-state index < -0.39 is 6.09 Å². The summed E-state index contributed by atoms with van der Waals surface area (Å²) in [6.07, 6.45) is -0.427. The Morgan fingerprint density at radius 3 is 2.67 bits per heavy atom. The van der Waals surface area contributed by atoms with Crippen LogP contribution in [0.25, 0.3) is 0 Å². The topological polar surface area (TPSA) is 47.6 Å². The van der Waals surface area contributed by atoms with E-state index in [1.165, 1.54) is 7.11 Å². The van der Waals surface area contributed by atoms with Crippen molar-refractivity contribution in [3.05, 3.63) is 29.3 Å². The van der Waals surface area contributed by atoms with Crippen LogP contribution in [-0.4, -0.2) is 20.3 Å². The molecule has 0 aromatic heterocycles. The van der Waals surface area contributed by atoms with Crippen molar-refractivity contribution in [3.8, 4) is 5.75 Å². The zero-order valence-electron chi connectivity index (χ0n) is 9.16. The highest BCUT2D eigenvalue weighted by Crippen LogP contribution is 2.18. The standard InChI is InChI=1S/C11H15NO3/c1-8-6-9(4-5-10(8)14-2)7-12-11(13)15-3/h4-6H,7H2,1-3H3,(H,12,13). The number of rotatable bonds is 3. The Morgan fingerprint density at radius 1 is 1.40 bits per heavy atom. The van der Waals surface area contributed by atoms with Crippen LogP contribution in [0.3, 0.4) is 0 Å². The highest BCUT2D eigenvalue weighted by Gasteiger charge is 2.02. The summed E-state index contributed by atoms with van der Waals surface area (Å²) in [5.74, 6) is 0.844. The monoisotopic (exact) mass is 209 g/mol. The maximum absolute atomic E-state index is 10.8. The van der Waals surface area contributed by atoms with Gasteiger partial charge in [-0.1, -0.05) is 12.1 Å². The fourth-order valence-electron chi connectivity index (χ4n) is 1.30. The van der Waals surface area contributed by atoms with Crippen LogP contribution in [0.2, 0.25) is 0 Å². The third kappa shape index (κ3) is 3.16. The molecule has 4 nitrogen and oxygen atoms in total. The average Bonchev–Trinajstić information content (AvgIpc) is 2.26. The maximum atomic E-state index is 10.8. The minimum Gasteiger partial charge on any atom is -0.496 e. The Bertz CT molecular complexity index is 350. The molecule has 4 heteroatoms. The van der Waals surface area contributed by atoms with E-state index in [1.807, 2.05) is 25.1 Å². The number of alkyl carbamates (subject to hydrolysis) is 1. The number of carbonyl (C=O) groups is 1. The molecular weight excluding hydrogens is 194 g/mol. The van der Waals surface area contributed by atoms with Gasteiger partial charge in [0.05, 0.1) is 14.2 Å². The Kier molecular flexibility index (Phi) is 3.97. The van der Waals surface area contributed by atoms with Crippen molar-refractivity contribution in [2.24, 2.45) is 0 Å². The number of hydrogen-bond donors (Lipinski definition) is 1. The lowest BCUT2D eigenvalue weighted by molar-refractivity contribution is 0.170. The molecule has 1 aromatic rings. The van der Waals surface area contributed by atoms with Gasteiger partial charge in [-0.2, -0.15) is 0 Å². The van der Waals surface area contributed by atoms with Crippen LogP contribution in [0.1, 0.15) is 11.1 Å². The van der Waals surface area contributed by atoms with Crippen molar-refractivity contribution < 1.29 is 14.3 Å². The van der Waals surface area contributed by atoms with Gasteiger partial charge in [0.1, 0.15) is 5.75 Å². The quantitative estimate of drug-likeness (QED) is 0.826. The number of hydrogen-bond acceptors (Lipinski definition) is 3. The number of amides is 1. The van der Waals surface area contributed by atoms with Crippen molar-refractivity contribution >= 4 is 6.09 Å². The van der Waals surface area contributed by atoms with Crippen LogP contribution >= 0.6 is 0 Å². The van der Waals surface area contributed by atoms with Gasteiger partial charge >= 0.3 is 6.09 Å². The summed E-state index contributed by atoms with van der Waals surface area (Å²) in [5, 5.41) is 2.61. The summed E-state index contributed by atoms with van der Waals surface area (Å²) in [6.45, 7) is 2.41. The minimum absolute atomic E-state index is 0.427. The fourth-order valence-corrected chi connectivity index (χ4v) is 1.30. The molecule has 0 atom stereocenters. The van der Waals surface area contributed by atoms with Gasteiger partial charge in [-0.05, 0) is 24.1 Å². The van der Waals surface area contributed by atoms with E-state index in [2.05, 4.69) is 10.1 Å². The van der Waals surface area contributed by atoms with Gasteiger partial charge in [0.15, 0.2) is 0 Å². The van der Waals surface area contributed by atoms with Crippen LogP contribution < -0.4 is 10.1 Å². The van der Waals surface area contributed by atoms with E-state index in [1.54, 1.807) is 7.11 Å². The summed E-state index contributed by atoms with van der Waals surface area (Å²) < 4.78 is 9.61. The van der Waals surface area contributed by atoms with Crippen LogP contribution in [0, 0.1) is 6.92 Å². The largest absolute Gasteiger partial charge is 0.496 e. The second-order valence-electron chi connectivity index (χ2n) is 3.15. The third-order valence-electron chi connectivity index (χ3n) is 2.08. The van der Waals surface area contributed by atoms with Crippen molar-refractivity contribution in [1.82, 2.24) is 5.32 Å². The molecule has 0 radical (unpaired) electrons. The Morgan fingerprint density at radius 2 is 2.13 bits per heavy atom. The van der Waals surface area contributed by atoms with Gasteiger partial charge in [0.25, 0.3) is 0 Å². The second kappa shape index (κ2) is 5.24. The third-order valence-corrected chi connectivity index (χ3v) is 2.08. The number of aryl methyl sites for hydroxylation is 1. The molecule has 1 N–H and O–H groups in total. The molecule has 0 heterocycles. The second-order valence-corrected chi connectivity index (χ2v) is 3.15. The fraction of sp³-hybridized carbons (Fsp3) is 0.364. The predicted molar refractivity (Wildman–Crippen MR) is 57.0 cm³/mol. The average molecular weight is 209 g/mol. The molecule has 82 valence electrons. The molecule has 0 aliphatic heterocycles. The van der Waals surface area contributed by atoms with Gasteiger partial charge in [-0.3, -0.25) is 0 Å². The van der Waals surface area contributed by atoms with Crippen LogP contribution in [0.4, 0.5) is 4.79 Å². The number of benzene rings is 1. The molecular formula is C11H15NO3. The molecule has 0 saturated carbocycles. The molecule has 0 unspecified atom stereocenters. The molecule has 15 heavy (non-hydrogen) atoms. The summed E-state index contributed by atoms with van der Waals surface area (Å²) >= 11 is 0. The maximum Gasteiger partial charge on any atom is 0.407 e. The Hall–Kier alpha value is -1.71. The summed E-state index contributed by atoms with van der Waals surface area (Å²) in [4.78, 5) is 10.8. The highest BCUT2D eigenvalue weighted by atomic mass is 16.5. The van der Waals surface area contributed by atoms with Crippen LogP contribution in [0.15, 0.2) is 18.2 Å². The normalized spacial score (nSPS) is 9.53. The first-order valence-electron chi connectivity index (χ1n) is 4.62. The molecule has 1 amide bonds. The van der Waals surface area contributed by atoms with E-state index in [0.717, 1.165) is 16.9 Å². The zero-order chi connectivity index (χ0) is 11.3. The van der Waals surface area contributed by atoms with Gasteiger partial charge in [0, 0.05) is 6.54 Å². The van der Waals surface area contributed by atoms with Crippen LogP contribution in [0.5, 0.6) is 5.75 Å². The minimum atomic E-state index is -0.427. The summed E-state index contributed by atoms with van der Waals surface area (Å²) in [7, 11) is 2.98. The van der Waals surface area contributed by atoms with E-state index in [-0.39, 0.29) is 0 Å². The van der Waals surface area contributed by atoms with Crippen molar-refractivity contribution in [2.45, 2.75) is 13.5 Å². The van der Waals surface area contributed by atoms with Gasteiger partial charge in [0.2, 0.25) is 0 Å². The van der Waals surface area contributed by atoms with E-state index in [0.29, 0.717) is 6.54 Å². The smallest absolute Gasteiger partial charge is 0.407 e. The lowest BCUT2D eigenvalue weighted by atomic mass is 10.1. The molecule has 0 bridgehead atoms. The summed E-state index contributed by atoms with van der Waals surface area (Å²) in [6, 6.07) is 5.75. The van der Waals surface area contributed by atoms with Gasteiger partial charge in [-0.25, -0.2) is 4.79 Å². The number of carbonyl (C=O) groups excluding carboxylic acids is 1. The number of methoxy groups -OCH3 is 2. The lowest BCUT2D eigenvalue weighted by Gasteiger charge is -2.07. The van der Waals surface area contributed by atoms with Crippen LogP contribution in [-0.2, 0) is 11.3 Å². The Balaban J connectivity index is 2.63. The molecule has 1 rings (SSSR count). The molecule has 0 aliphatic rings. The zero-order valence-corrected chi connectivity index (χ0v) is 9.16. The van der Waals surface area contributed by atoms with Crippen molar-refractivity contribution in [3.63, 3.8) is 0 Å². The first-order chi connectivity index (χ1) is 7.17. The van der Waals surface area contributed by atoms with E-state index >= 15 is 0 Å². The molecule has 0 saturated heterocycles. The SMILES string of the molecule is COC(=O)NCc1ccc(OC)c(C)c1. The molecule has 0 spiro atoms. The molecule has 0 aliphatic carbocycles. The van der Waals surface area contributed by atoms with Crippen molar-refractivity contribution in [1.29, 1.82) is 0 Å². The van der Waals surface area contributed by atoms with Crippen molar-refractivity contribution in [2.75, 3.05) is 14.2 Å². The highest BCUT2D eigenvalue weighted by molar-refractivity contribution is 5.66. The lowest BCUT2D eigenvalue weighted by Crippen LogP contribution is -2.22. The first kappa shape index (κ1) is 11.4. The van der Waals surface area contributed by atoms with E-state index in [9.17, 15) is 4.79 Å².